The number of primary amides is 1. The van der Waals surface area contributed by atoms with E-state index < -0.39 is 5.91 Å². The van der Waals surface area contributed by atoms with Crippen molar-refractivity contribution in [1.82, 2.24) is 19.7 Å². The van der Waals surface area contributed by atoms with Gasteiger partial charge >= 0.3 is 0 Å². The van der Waals surface area contributed by atoms with Crippen molar-refractivity contribution in [1.29, 1.82) is 0 Å². The van der Waals surface area contributed by atoms with Gasteiger partial charge in [-0.2, -0.15) is 0 Å². The number of hydrogen-bond acceptors (Lipinski definition) is 5. The van der Waals surface area contributed by atoms with Gasteiger partial charge in [0.1, 0.15) is 5.76 Å². The summed E-state index contributed by atoms with van der Waals surface area (Å²) in [7, 11) is 0. The van der Waals surface area contributed by atoms with E-state index in [2.05, 4.69) is 15.2 Å². The quantitative estimate of drug-likeness (QED) is 0.519. The van der Waals surface area contributed by atoms with Crippen LogP contribution in [0.3, 0.4) is 0 Å². The fourth-order valence-electron chi connectivity index (χ4n) is 2.69. The minimum atomic E-state index is -0.397. The van der Waals surface area contributed by atoms with Crippen molar-refractivity contribution < 1.29 is 9.21 Å². The van der Waals surface area contributed by atoms with E-state index in [4.69, 9.17) is 10.2 Å². The maximum absolute atomic E-state index is 11.1. The Morgan fingerprint density at radius 1 is 1.24 bits per heavy atom. The third kappa shape index (κ3) is 3.03. The van der Waals surface area contributed by atoms with Crippen molar-refractivity contribution >= 4 is 28.6 Å². The van der Waals surface area contributed by atoms with Gasteiger partial charge in [0.05, 0.1) is 18.6 Å². The average molecular weight is 353 g/mol. The first-order valence-corrected chi connectivity index (χ1v) is 8.64. The molecule has 7 nitrogen and oxygen atoms in total. The zero-order valence-corrected chi connectivity index (χ0v) is 14.0. The van der Waals surface area contributed by atoms with E-state index in [0.717, 1.165) is 22.2 Å². The van der Waals surface area contributed by atoms with Crippen LogP contribution in [0, 0.1) is 0 Å². The van der Waals surface area contributed by atoms with Crippen molar-refractivity contribution in [3.63, 3.8) is 0 Å². The van der Waals surface area contributed by atoms with Gasteiger partial charge in [0.15, 0.2) is 11.0 Å². The van der Waals surface area contributed by atoms with Gasteiger partial charge in [-0.25, -0.2) is 0 Å². The number of carbonyl (C=O) groups excluding carboxylic acids is 1. The molecule has 0 unspecified atom stereocenters. The number of H-pyrrole nitrogens is 1. The van der Waals surface area contributed by atoms with Crippen LogP contribution in [0.4, 0.5) is 0 Å². The second kappa shape index (κ2) is 6.48. The molecule has 1 amide bonds. The fourth-order valence-corrected chi connectivity index (χ4v) is 3.36. The predicted molar refractivity (Wildman–Crippen MR) is 95.0 cm³/mol. The number of thioether (sulfide) groups is 1. The number of nitrogens with two attached hydrogens (primary N) is 1. The second-order valence-corrected chi connectivity index (χ2v) is 6.42. The number of nitrogens with zero attached hydrogens (tertiary/aromatic N) is 3. The molecule has 25 heavy (non-hydrogen) atoms. The predicted octanol–water partition coefficient (Wildman–Crippen LogP) is 2.65. The molecule has 126 valence electrons. The summed E-state index contributed by atoms with van der Waals surface area (Å²) in [4.78, 5) is 14.4. The Labute approximate surface area is 147 Å². The van der Waals surface area contributed by atoms with E-state index >= 15 is 0 Å². The molecule has 0 aliphatic heterocycles. The van der Waals surface area contributed by atoms with Gasteiger partial charge in [-0.05, 0) is 18.2 Å². The van der Waals surface area contributed by atoms with E-state index in [9.17, 15) is 4.79 Å². The number of benzene rings is 1. The zero-order chi connectivity index (χ0) is 17.2. The van der Waals surface area contributed by atoms with Gasteiger partial charge in [0, 0.05) is 22.7 Å². The van der Waals surface area contributed by atoms with Crippen LogP contribution < -0.4 is 5.73 Å². The molecule has 0 saturated heterocycles. The van der Waals surface area contributed by atoms with Crippen LogP contribution in [0.25, 0.3) is 22.3 Å². The summed E-state index contributed by atoms with van der Waals surface area (Å²) in [5, 5.41) is 10.3. The first-order valence-electron chi connectivity index (χ1n) is 7.65. The summed E-state index contributed by atoms with van der Waals surface area (Å²) in [5.41, 5.74) is 7.23. The van der Waals surface area contributed by atoms with Gasteiger partial charge in [-0.15, -0.1) is 10.2 Å². The fraction of sp³-hybridized carbons (Fsp3) is 0.118. The van der Waals surface area contributed by atoms with Crippen LogP contribution in [0.2, 0.25) is 0 Å². The van der Waals surface area contributed by atoms with E-state index in [1.165, 1.54) is 11.8 Å². The molecule has 3 heterocycles. The maximum Gasteiger partial charge on any atom is 0.227 e. The highest BCUT2D eigenvalue weighted by molar-refractivity contribution is 7.99. The molecule has 8 heteroatoms. The molecule has 3 aromatic heterocycles. The summed E-state index contributed by atoms with van der Waals surface area (Å²) < 4.78 is 7.39. The van der Waals surface area contributed by atoms with E-state index in [1.54, 1.807) is 6.26 Å². The number of amides is 1. The SMILES string of the molecule is NC(=O)CSc1nnc(-c2c[nH]c3ccccc23)n1Cc1ccco1. The van der Waals surface area contributed by atoms with Gasteiger partial charge in [-0.1, -0.05) is 30.0 Å². The first-order chi connectivity index (χ1) is 12.2. The Bertz CT molecular complexity index is 1020. The summed E-state index contributed by atoms with van der Waals surface area (Å²) >= 11 is 1.26. The lowest BCUT2D eigenvalue weighted by molar-refractivity contribution is -0.115. The third-order valence-corrected chi connectivity index (χ3v) is 4.77. The van der Waals surface area contributed by atoms with Crippen LogP contribution in [-0.2, 0) is 11.3 Å². The second-order valence-electron chi connectivity index (χ2n) is 5.47. The van der Waals surface area contributed by atoms with Crippen LogP contribution in [-0.4, -0.2) is 31.4 Å². The number of carbonyl (C=O) groups is 1. The molecule has 0 spiro atoms. The molecule has 4 rings (SSSR count). The monoisotopic (exact) mass is 353 g/mol. The summed E-state index contributed by atoms with van der Waals surface area (Å²) in [6.45, 7) is 0.468. The van der Waals surface area contributed by atoms with Crippen LogP contribution in [0.5, 0.6) is 0 Å². The molecule has 3 N–H and O–H groups in total. The number of fused-ring (bicyclic) bond motifs is 1. The molecule has 0 aliphatic carbocycles. The minimum absolute atomic E-state index is 0.143. The Morgan fingerprint density at radius 3 is 2.92 bits per heavy atom. The molecule has 0 fully saturated rings. The maximum atomic E-state index is 11.1. The lowest BCUT2D eigenvalue weighted by atomic mass is 10.1. The molecule has 4 aromatic rings. The summed E-state index contributed by atoms with van der Waals surface area (Å²) in [6.07, 6.45) is 3.54. The Morgan fingerprint density at radius 2 is 2.12 bits per heavy atom. The number of rotatable bonds is 6. The number of hydrogen-bond donors (Lipinski definition) is 2. The van der Waals surface area contributed by atoms with Gasteiger partial charge < -0.3 is 15.1 Å². The number of aromatic nitrogens is 4. The zero-order valence-electron chi connectivity index (χ0n) is 13.2. The van der Waals surface area contributed by atoms with E-state index in [-0.39, 0.29) is 5.75 Å². The average Bonchev–Trinajstić information content (AvgIpc) is 3.33. The molecule has 0 saturated carbocycles. The van der Waals surface area contributed by atoms with E-state index in [0.29, 0.717) is 17.5 Å². The van der Waals surface area contributed by atoms with Crippen molar-refractivity contribution in [2.24, 2.45) is 5.73 Å². The Hall–Kier alpha value is -3.00. The topological polar surface area (TPSA) is 103 Å². The van der Waals surface area contributed by atoms with Crippen LogP contribution >= 0.6 is 11.8 Å². The highest BCUT2D eigenvalue weighted by Crippen LogP contribution is 2.30. The molecular weight excluding hydrogens is 338 g/mol. The van der Waals surface area contributed by atoms with Crippen LogP contribution in [0.15, 0.2) is 58.4 Å². The highest BCUT2D eigenvalue weighted by Gasteiger charge is 2.18. The Kier molecular flexibility index (Phi) is 4.02. The lowest BCUT2D eigenvalue weighted by Crippen LogP contribution is -2.14. The smallest absolute Gasteiger partial charge is 0.227 e. The number of para-hydroxylation sites is 1. The van der Waals surface area contributed by atoms with E-state index in [1.807, 2.05) is 47.2 Å². The number of nitrogens with one attached hydrogen (secondary N) is 1. The third-order valence-electron chi connectivity index (χ3n) is 3.78. The summed E-state index contributed by atoms with van der Waals surface area (Å²) in [5.74, 6) is 1.23. The standard InChI is InChI=1S/C17H15N5O2S/c18-15(23)10-25-17-21-20-16(22(17)9-11-4-3-7-24-11)13-8-19-14-6-2-1-5-12(13)14/h1-8,19H,9-10H2,(H2,18,23). The van der Waals surface area contributed by atoms with Crippen molar-refractivity contribution in [2.45, 2.75) is 11.7 Å². The minimum Gasteiger partial charge on any atom is -0.467 e. The number of furan rings is 1. The van der Waals surface area contributed by atoms with Crippen LogP contribution in [0.1, 0.15) is 5.76 Å². The molecular formula is C17H15N5O2S. The van der Waals surface area contributed by atoms with Gasteiger partial charge in [-0.3, -0.25) is 9.36 Å². The highest BCUT2D eigenvalue weighted by atomic mass is 32.2. The molecule has 0 atom stereocenters. The lowest BCUT2D eigenvalue weighted by Gasteiger charge is -2.07. The molecule has 0 radical (unpaired) electrons. The molecule has 0 bridgehead atoms. The largest absolute Gasteiger partial charge is 0.467 e. The number of aromatic amines is 1. The van der Waals surface area contributed by atoms with Crippen molar-refractivity contribution in [3.05, 3.63) is 54.6 Å². The Balaban J connectivity index is 1.79. The van der Waals surface area contributed by atoms with Crippen molar-refractivity contribution in [2.75, 3.05) is 5.75 Å². The van der Waals surface area contributed by atoms with Crippen molar-refractivity contribution in [3.8, 4) is 11.4 Å². The normalized spacial score (nSPS) is 11.2. The van der Waals surface area contributed by atoms with Gasteiger partial charge in [0.25, 0.3) is 0 Å². The summed E-state index contributed by atoms with van der Waals surface area (Å²) in [6, 6.07) is 11.7. The molecule has 0 aliphatic rings. The molecule has 1 aromatic carbocycles. The first kappa shape index (κ1) is 15.5. The van der Waals surface area contributed by atoms with Gasteiger partial charge in [0.2, 0.25) is 5.91 Å².